The lowest BCUT2D eigenvalue weighted by atomic mass is 9.99. The largest absolute Gasteiger partial charge is 0.374 e. The molecule has 1 fully saturated rings. The minimum atomic E-state index is -4.11. The zero-order chi connectivity index (χ0) is 33.7. The molecular weight excluding hydrogens is 657 g/mol. The van der Waals surface area contributed by atoms with Crippen LogP contribution in [0.3, 0.4) is 0 Å². The maximum atomic E-state index is 13.8. The van der Waals surface area contributed by atoms with Crippen molar-refractivity contribution in [3.8, 4) is 0 Å². The van der Waals surface area contributed by atoms with Crippen LogP contribution in [-0.2, 0) is 58.8 Å². The molecule has 0 saturated carbocycles. The van der Waals surface area contributed by atoms with Gasteiger partial charge in [0.2, 0.25) is 0 Å². The maximum absolute atomic E-state index is 13.8. The number of hydrogen-bond acceptors (Lipinski definition) is 8. The molecule has 254 valence electrons. The molecule has 0 N–H and O–H groups in total. The first-order chi connectivity index (χ1) is 24.0. The van der Waals surface area contributed by atoms with Crippen molar-refractivity contribution in [2.45, 2.75) is 60.3 Å². The molecule has 49 heavy (non-hydrogen) atoms. The second-order valence-corrected chi connectivity index (χ2v) is 14.5. The van der Waals surface area contributed by atoms with Gasteiger partial charge in [0.1, 0.15) is 35.6 Å². The predicted molar refractivity (Wildman–Crippen MR) is 191 cm³/mol. The normalized spacial score (nSPS) is 20.9. The molecule has 0 spiro atoms. The van der Waals surface area contributed by atoms with Gasteiger partial charge in [0, 0.05) is 4.90 Å². The summed E-state index contributed by atoms with van der Waals surface area (Å²) in [4.78, 5) is 0.975. The van der Waals surface area contributed by atoms with E-state index in [9.17, 15) is 8.42 Å². The number of thioether (sulfide) groups is 1. The van der Waals surface area contributed by atoms with Crippen LogP contribution in [0.2, 0.25) is 0 Å². The van der Waals surface area contributed by atoms with Crippen molar-refractivity contribution >= 4 is 21.9 Å². The monoisotopic (exact) mass is 696 g/mol. The van der Waals surface area contributed by atoms with Crippen molar-refractivity contribution in [2.75, 3.05) is 6.61 Å². The van der Waals surface area contributed by atoms with Crippen LogP contribution in [0.4, 0.5) is 0 Å². The zero-order valence-corrected chi connectivity index (χ0v) is 28.7. The standard InChI is InChI=1S/C40H40O7S2/c41-49(42,30-34-22-12-4-13-23-34)47-37-36(29-43-26-31-16-6-1-7-17-31)46-40(48-35-24-14-5-15-25-35)39(45-28-33-20-10-3-11-21-33)38(37)44-27-32-18-8-2-9-19-32/h1-25,36-40H,26-30H2/t36-,37-,38+,39-,40+/m1/s1. The van der Waals surface area contributed by atoms with E-state index in [1.807, 2.05) is 127 Å². The quantitative estimate of drug-likeness (QED) is 0.0968. The second-order valence-electron chi connectivity index (χ2n) is 11.7. The Labute approximate surface area is 293 Å². The van der Waals surface area contributed by atoms with E-state index in [0.29, 0.717) is 12.2 Å². The van der Waals surface area contributed by atoms with Crippen LogP contribution in [0.25, 0.3) is 0 Å². The number of benzene rings is 5. The molecule has 0 aliphatic carbocycles. The summed E-state index contributed by atoms with van der Waals surface area (Å²) in [5.74, 6) is -0.301. The molecule has 6 rings (SSSR count). The molecule has 1 saturated heterocycles. The Morgan fingerprint density at radius 1 is 0.531 bits per heavy atom. The SMILES string of the molecule is O=S(=O)(Cc1ccccc1)O[C@H]1[C@H](OCc2ccccc2)[C@@H](OCc2ccccc2)[C@H](Sc2ccccc2)O[C@@H]1COCc1ccccc1. The third-order valence-electron chi connectivity index (χ3n) is 7.99. The third-order valence-corrected chi connectivity index (χ3v) is 10.4. The Morgan fingerprint density at radius 3 is 1.51 bits per heavy atom. The van der Waals surface area contributed by atoms with Gasteiger partial charge in [-0.05, 0) is 34.4 Å². The summed E-state index contributed by atoms with van der Waals surface area (Å²) in [5.41, 5.74) is 2.94. The highest BCUT2D eigenvalue weighted by molar-refractivity contribution is 7.99. The van der Waals surface area contributed by atoms with Gasteiger partial charge in [-0.3, -0.25) is 4.18 Å². The summed E-state index contributed by atoms with van der Waals surface area (Å²) in [6.45, 7) is 0.882. The van der Waals surface area contributed by atoms with Gasteiger partial charge in [0.05, 0.1) is 26.4 Å². The first-order valence-corrected chi connectivity index (χ1v) is 18.7. The van der Waals surface area contributed by atoms with Crippen LogP contribution in [-0.4, -0.2) is 44.9 Å². The molecule has 0 bridgehead atoms. The lowest BCUT2D eigenvalue weighted by Gasteiger charge is -2.45. The first-order valence-electron chi connectivity index (χ1n) is 16.3. The molecule has 1 heterocycles. The van der Waals surface area contributed by atoms with Gasteiger partial charge in [-0.15, -0.1) is 0 Å². The Balaban J connectivity index is 1.34. The van der Waals surface area contributed by atoms with Gasteiger partial charge in [0.25, 0.3) is 10.1 Å². The average molecular weight is 697 g/mol. The average Bonchev–Trinajstić information content (AvgIpc) is 3.13. The van der Waals surface area contributed by atoms with Crippen LogP contribution in [0.1, 0.15) is 22.3 Å². The van der Waals surface area contributed by atoms with Crippen LogP contribution in [0.5, 0.6) is 0 Å². The highest BCUT2D eigenvalue weighted by Crippen LogP contribution is 2.38. The van der Waals surface area contributed by atoms with E-state index in [1.54, 1.807) is 24.3 Å². The van der Waals surface area contributed by atoms with E-state index >= 15 is 0 Å². The highest BCUT2D eigenvalue weighted by atomic mass is 32.2. The molecular formula is C40H40O7S2. The van der Waals surface area contributed by atoms with Crippen molar-refractivity contribution in [2.24, 2.45) is 0 Å². The molecule has 9 heteroatoms. The molecule has 1 aliphatic rings. The van der Waals surface area contributed by atoms with Crippen molar-refractivity contribution in [1.29, 1.82) is 0 Å². The Hall–Kier alpha value is -3.80. The summed E-state index contributed by atoms with van der Waals surface area (Å²) >= 11 is 1.50. The Kier molecular flexibility index (Phi) is 12.7. The molecule has 0 amide bonds. The number of ether oxygens (including phenoxy) is 4. The third kappa shape index (κ3) is 10.6. The molecule has 5 aromatic carbocycles. The first kappa shape index (κ1) is 35.0. The summed E-state index contributed by atoms with van der Waals surface area (Å²) in [5, 5.41) is 0. The smallest absolute Gasteiger partial charge is 0.271 e. The highest BCUT2D eigenvalue weighted by Gasteiger charge is 2.50. The zero-order valence-electron chi connectivity index (χ0n) is 27.0. The van der Waals surface area contributed by atoms with E-state index in [0.717, 1.165) is 21.6 Å². The van der Waals surface area contributed by atoms with Gasteiger partial charge >= 0.3 is 0 Å². The van der Waals surface area contributed by atoms with Crippen LogP contribution < -0.4 is 0 Å². The van der Waals surface area contributed by atoms with Gasteiger partial charge in [0.15, 0.2) is 0 Å². The van der Waals surface area contributed by atoms with E-state index in [2.05, 4.69) is 0 Å². The fraction of sp³-hybridized carbons (Fsp3) is 0.250. The molecule has 1 aliphatic heterocycles. The topological polar surface area (TPSA) is 80.3 Å². The summed E-state index contributed by atoms with van der Waals surface area (Å²) < 4.78 is 60.0. The molecule has 5 atom stereocenters. The van der Waals surface area contributed by atoms with Crippen molar-refractivity contribution in [1.82, 2.24) is 0 Å². The fourth-order valence-corrected chi connectivity index (χ4v) is 7.99. The molecule has 0 aromatic heterocycles. The Bertz CT molecular complexity index is 1780. The van der Waals surface area contributed by atoms with Crippen molar-refractivity contribution in [3.63, 3.8) is 0 Å². The van der Waals surface area contributed by atoms with Crippen molar-refractivity contribution < 1.29 is 31.5 Å². The Morgan fingerprint density at radius 2 is 0.980 bits per heavy atom. The van der Waals surface area contributed by atoms with Gasteiger partial charge in [-0.2, -0.15) is 8.42 Å². The van der Waals surface area contributed by atoms with E-state index < -0.39 is 40.0 Å². The van der Waals surface area contributed by atoms with Gasteiger partial charge < -0.3 is 18.9 Å². The minimum Gasteiger partial charge on any atom is -0.374 e. The summed E-state index contributed by atoms with van der Waals surface area (Å²) in [7, 11) is -4.11. The van der Waals surface area contributed by atoms with Crippen LogP contribution in [0.15, 0.2) is 157 Å². The van der Waals surface area contributed by atoms with Crippen LogP contribution >= 0.6 is 11.8 Å². The van der Waals surface area contributed by atoms with Gasteiger partial charge in [-0.1, -0.05) is 151 Å². The van der Waals surface area contributed by atoms with E-state index in [1.165, 1.54) is 11.8 Å². The van der Waals surface area contributed by atoms with E-state index in [4.69, 9.17) is 23.1 Å². The predicted octanol–water partition coefficient (Wildman–Crippen LogP) is 7.81. The van der Waals surface area contributed by atoms with Crippen molar-refractivity contribution in [3.05, 3.63) is 174 Å². The molecule has 7 nitrogen and oxygen atoms in total. The molecule has 0 unspecified atom stereocenters. The minimum absolute atomic E-state index is 0.0723. The summed E-state index contributed by atoms with van der Waals surface area (Å²) in [6, 6.07) is 48.3. The van der Waals surface area contributed by atoms with E-state index in [-0.39, 0.29) is 25.6 Å². The molecule has 0 radical (unpaired) electrons. The number of hydrogen-bond donors (Lipinski definition) is 0. The van der Waals surface area contributed by atoms with Gasteiger partial charge in [-0.25, -0.2) is 0 Å². The lowest BCUT2D eigenvalue weighted by Crippen LogP contribution is -2.60. The molecule has 5 aromatic rings. The van der Waals surface area contributed by atoms with Crippen LogP contribution in [0, 0.1) is 0 Å². The fourth-order valence-electron chi connectivity index (χ4n) is 5.60. The number of rotatable bonds is 16. The lowest BCUT2D eigenvalue weighted by molar-refractivity contribution is -0.233. The summed E-state index contributed by atoms with van der Waals surface area (Å²) in [6.07, 6.45) is -3.42. The second kappa shape index (κ2) is 17.7. The maximum Gasteiger partial charge on any atom is 0.271 e.